The lowest BCUT2D eigenvalue weighted by Crippen LogP contribution is -2.31. The van der Waals surface area contributed by atoms with Crippen LogP contribution in [0.2, 0.25) is 5.02 Å². The number of amides is 1. The number of hydrogen-bond donors (Lipinski definition) is 1. The van der Waals surface area contributed by atoms with E-state index in [1.165, 1.54) is 18.1 Å². The van der Waals surface area contributed by atoms with E-state index in [1.807, 2.05) is 32.0 Å². The zero-order valence-electron chi connectivity index (χ0n) is 19.2. The molecule has 35 heavy (non-hydrogen) atoms. The molecule has 0 saturated heterocycles. The molecule has 1 amide bonds. The predicted molar refractivity (Wildman–Crippen MR) is 132 cm³/mol. The molecule has 7 nitrogen and oxygen atoms in total. The molecule has 1 N–H and O–H groups in total. The first-order chi connectivity index (χ1) is 16.8. The highest BCUT2D eigenvalue weighted by molar-refractivity contribution is 6.31. The Hall–Kier alpha value is -4.10. The third kappa shape index (κ3) is 3.84. The number of fused-ring (bicyclic) bond motifs is 1. The molecule has 0 radical (unpaired) electrons. The van der Waals surface area contributed by atoms with Gasteiger partial charge in [0.25, 0.3) is 5.91 Å². The van der Waals surface area contributed by atoms with Crippen molar-refractivity contribution in [3.05, 3.63) is 99.7 Å². The van der Waals surface area contributed by atoms with Gasteiger partial charge in [-0.25, -0.2) is 0 Å². The number of ether oxygens (including phenoxy) is 1. The van der Waals surface area contributed by atoms with Crippen molar-refractivity contribution in [1.82, 2.24) is 4.98 Å². The van der Waals surface area contributed by atoms with Crippen LogP contribution in [-0.2, 0) is 4.79 Å². The molecule has 176 valence electrons. The fourth-order valence-corrected chi connectivity index (χ4v) is 4.71. The smallest absolute Gasteiger partial charge is 0.294 e. The van der Waals surface area contributed by atoms with E-state index in [9.17, 15) is 14.7 Å². The molecule has 5 rings (SSSR count). The van der Waals surface area contributed by atoms with Gasteiger partial charge < -0.3 is 14.3 Å². The van der Waals surface area contributed by atoms with Gasteiger partial charge in [0.2, 0.25) is 5.78 Å². The molecule has 8 heteroatoms. The number of aryl methyl sites for hydroxylation is 2. The van der Waals surface area contributed by atoms with Gasteiger partial charge in [-0.1, -0.05) is 23.7 Å². The molecule has 0 fully saturated rings. The second kappa shape index (κ2) is 8.60. The first kappa shape index (κ1) is 22.7. The number of Topliss-reactive ketones (excluding diaryl/α,β-unsaturated/α-hetero) is 1. The molecule has 0 saturated carbocycles. The molecule has 2 aromatic heterocycles. The lowest BCUT2D eigenvalue weighted by atomic mass is 9.97. The van der Waals surface area contributed by atoms with Crippen molar-refractivity contribution in [2.45, 2.75) is 19.9 Å². The van der Waals surface area contributed by atoms with Crippen LogP contribution in [0.1, 0.15) is 33.4 Å². The Morgan fingerprint density at radius 2 is 1.86 bits per heavy atom. The predicted octanol–water partition coefficient (Wildman–Crippen LogP) is 5.89. The van der Waals surface area contributed by atoms with Gasteiger partial charge in [0, 0.05) is 28.4 Å². The second-order valence-corrected chi connectivity index (χ2v) is 8.84. The van der Waals surface area contributed by atoms with Gasteiger partial charge in [0.15, 0.2) is 22.9 Å². The standard InChI is InChI=1S/C27H21ClN2O5/c1-14-8-15(2)10-18(9-14)30-23(19-6-4-5-7-29-19)22(25(32)27(30)33)24(31)20-12-16-11-17(28)13-21(34-3)26(16)35-20/h4-13,23,32H,1-3H3. The number of carbonyl (C=O) groups excluding carboxylic acids is 2. The van der Waals surface area contributed by atoms with Gasteiger partial charge in [-0.15, -0.1) is 0 Å². The number of methoxy groups -OCH3 is 1. The number of rotatable bonds is 5. The monoisotopic (exact) mass is 488 g/mol. The number of furan rings is 1. The summed E-state index contributed by atoms with van der Waals surface area (Å²) in [6, 6.07) is 14.6. The van der Waals surface area contributed by atoms with Crippen LogP contribution in [0.15, 0.2) is 76.5 Å². The average Bonchev–Trinajstić information content (AvgIpc) is 3.37. The number of pyridine rings is 1. The third-order valence-electron chi connectivity index (χ3n) is 5.90. The summed E-state index contributed by atoms with van der Waals surface area (Å²) >= 11 is 6.16. The van der Waals surface area contributed by atoms with Crippen molar-refractivity contribution < 1.29 is 23.8 Å². The lowest BCUT2D eigenvalue weighted by molar-refractivity contribution is -0.117. The number of aliphatic hydroxyl groups is 1. The first-order valence-electron chi connectivity index (χ1n) is 10.9. The van der Waals surface area contributed by atoms with Crippen LogP contribution in [-0.4, -0.2) is 28.9 Å². The summed E-state index contributed by atoms with van der Waals surface area (Å²) in [6.45, 7) is 3.83. The van der Waals surface area contributed by atoms with Gasteiger partial charge in [0.1, 0.15) is 6.04 Å². The number of aromatic nitrogens is 1. The Labute approximate surface area is 206 Å². The summed E-state index contributed by atoms with van der Waals surface area (Å²) in [4.78, 5) is 32.9. The Kier molecular flexibility index (Phi) is 5.57. The summed E-state index contributed by atoms with van der Waals surface area (Å²) in [7, 11) is 1.47. The molecule has 1 aliphatic rings. The van der Waals surface area contributed by atoms with Crippen LogP contribution in [0.3, 0.4) is 0 Å². The number of aliphatic hydroxyl groups excluding tert-OH is 1. The molecular formula is C27H21ClN2O5. The quantitative estimate of drug-likeness (QED) is 0.352. The highest BCUT2D eigenvalue weighted by atomic mass is 35.5. The maximum Gasteiger partial charge on any atom is 0.294 e. The number of nitrogens with zero attached hydrogens (tertiary/aromatic N) is 2. The van der Waals surface area contributed by atoms with Crippen molar-refractivity contribution >= 4 is 39.9 Å². The Balaban J connectivity index is 1.67. The van der Waals surface area contributed by atoms with Crippen molar-refractivity contribution in [1.29, 1.82) is 0 Å². The number of hydrogen-bond acceptors (Lipinski definition) is 6. The summed E-state index contributed by atoms with van der Waals surface area (Å²) in [5.41, 5.74) is 3.09. The molecule has 0 spiro atoms. The lowest BCUT2D eigenvalue weighted by Gasteiger charge is -2.26. The molecule has 0 bridgehead atoms. The average molecular weight is 489 g/mol. The number of anilines is 1. The second-order valence-electron chi connectivity index (χ2n) is 8.41. The van der Waals surface area contributed by atoms with Gasteiger partial charge in [0.05, 0.1) is 18.4 Å². The third-order valence-corrected chi connectivity index (χ3v) is 6.11. The van der Waals surface area contributed by atoms with Crippen LogP contribution < -0.4 is 9.64 Å². The highest BCUT2D eigenvalue weighted by Gasteiger charge is 2.46. The number of ketones is 1. The van der Waals surface area contributed by atoms with Crippen LogP contribution in [0, 0.1) is 13.8 Å². The zero-order chi connectivity index (χ0) is 24.9. The summed E-state index contributed by atoms with van der Waals surface area (Å²) in [5.74, 6) is -1.66. The van der Waals surface area contributed by atoms with Gasteiger partial charge in [-0.3, -0.25) is 19.5 Å². The van der Waals surface area contributed by atoms with Crippen molar-refractivity contribution in [3.8, 4) is 5.75 Å². The van der Waals surface area contributed by atoms with Crippen LogP contribution in [0.25, 0.3) is 11.0 Å². The SMILES string of the molecule is COc1cc(Cl)cc2cc(C(=O)C3=C(O)C(=O)N(c4cc(C)cc(C)c4)C3c3ccccn3)oc12. The van der Waals surface area contributed by atoms with E-state index in [0.717, 1.165) is 11.1 Å². The van der Waals surface area contributed by atoms with Gasteiger partial charge in [-0.2, -0.15) is 0 Å². The van der Waals surface area contributed by atoms with Gasteiger partial charge >= 0.3 is 0 Å². The van der Waals surface area contributed by atoms with Crippen molar-refractivity contribution in [2.24, 2.45) is 0 Å². The number of benzene rings is 2. The zero-order valence-corrected chi connectivity index (χ0v) is 20.0. The van der Waals surface area contributed by atoms with E-state index in [4.69, 9.17) is 20.8 Å². The van der Waals surface area contributed by atoms with E-state index < -0.39 is 23.5 Å². The molecule has 2 aromatic carbocycles. The minimum absolute atomic E-state index is 0.0573. The van der Waals surface area contributed by atoms with E-state index >= 15 is 0 Å². The Bertz CT molecular complexity index is 1500. The largest absolute Gasteiger partial charge is 0.503 e. The van der Waals surface area contributed by atoms with Crippen LogP contribution in [0.4, 0.5) is 5.69 Å². The molecule has 1 unspecified atom stereocenters. The Morgan fingerprint density at radius 3 is 2.51 bits per heavy atom. The normalized spacial score (nSPS) is 15.8. The molecular weight excluding hydrogens is 468 g/mol. The van der Waals surface area contributed by atoms with Crippen molar-refractivity contribution in [2.75, 3.05) is 12.0 Å². The number of halogens is 1. The fourth-order valence-electron chi connectivity index (χ4n) is 4.49. The van der Waals surface area contributed by atoms with Crippen molar-refractivity contribution in [3.63, 3.8) is 0 Å². The maximum absolute atomic E-state index is 13.8. The minimum Gasteiger partial charge on any atom is -0.503 e. The first-order valence-corrected chi connectivity index (χ1v) is 11.2. The fraction of sp³-hybridized carbons (Fsp3) is 0.148. The van der Waals surface area contributed by atoms with Gasteiger partial charge in [-0.05, 0) is 61.4 Å². The summed E-state index contributed by atoms with van der Waals surface area (Å²) in [6.07, 6.45) is 1.57. The molecule has 0 aliphatic carbocycles. The van der Waals surface area contributed by atoms with E-state index in [0.29, 0.717) is 33.1 Å². The van der Waals surface area contributed by atoms with E-state index in [1.54, 1.807) is 36.5 Å². The maximum atomic E-state index is 13.8. The summed E-state index contributed by atoms with van der Waals surface area (Å²) < 4.78 is 11.2. The molecule has 1 atom stereocenters. The minimum atomic E-state index is -0.948. The van der Waals surface area contributed by atoms with Crippen LogP contribution >= 0.6 is 11.6 Å². The van der Waals surface area contributed by atoms with E-state index in [-0.39, 0.29) is 11.3 Å². The highest BCUT2D eigenvalue weighted by Crippen LogP contribution is 2.42. The molecule has 4 aromatic rings. The van der Waals surface area contributed by atoms with Crippen LogP contribution in [0.5, 0.6) is 5.75 Å². The summed E-state index contributed by atoms with van der Waals surface area (Å²) in [5, 5.41) is 11.9. The van der Waals surface area contributed by atoms with E-state index in [2.05, 4.69) is 4.98 Å². The topological polar surface area (TPSA) is 92.9 Å². The Morgan fingerprint density at radius 1 is 1.11 bits per heavy atom. The molecule has 1 aliphatic heterocycles. The molecule has 3 heterocycles. The number of carbonyl (C=O) groups is 2.